The zero-order valence-corrected chi connectivity index (χ0v) is 13.3. The second-order valence-electron chi connectivity index (χ2n) is 5.70. The standard InChI is InChI=1S/C20H27N/c1-3-5-10-17-13-15-19(16-14-17)21-20(9-4-2)18-11-7-6-8-12-18/h6-8,11-16,20-21H,3-5,9-10H2,1-2H3. The molecule has 0 fully saturated rings. The molecule has 0 aliphatic carbocycles. The average molecular weight is 281 g/mol. The van der Waals surface area contributed by atoms with E-state index in [2.05, 4.69) is 73.8 Å². The van der Waals surface area contributed by atoms with E-state index in [1.54, 1.807) is 0 Å². The van der Waals surface area contributed by atoms with Crippen molar-refractivity contribution in [3.63, 3.8) is 0 Å². The topological polar surface area (TPSA) is 12.0 Å². The first-order chi connectivity index (χ1) is 10.3. The highest BCUT2D eigenvalue weighted by molar-refractivity contribution is 5.47. The van der Waals surface area contributed by atoms with Crippen LogP contribution in [0.15, 0.2) is 54.6 Å². The van der Waals surface area contributed by atoms with Gasteiger partial charge in [-0.1, -0.05) is 69.2 Å². The van der Waals surface area contributed by atoms with Gasteiger partial charge in [-0.25, -0.2) is 0 Å². The van der Waals surface area contributed by atoms with Crippen LogP contribution in [0, 0.1) is 0 Å². The largest absolute Gasteiger partial charge is 0.378 e. The minimum atomic E-state index is 0.401. The van der Waals surface area contributed by atoms with Crippen molar-refractivity contribution in [2.24, 2.45) is 0 Å². The Hall–Kier alpha value is -1.76. The van der Waals surface area contributed by atoms with Gasteiger partial charge < -0.3 is 5.32 Å². The zero-order chi connectivity index (χ0) is 14.9. The highest BCUT2D eigenvalue weighted by Crippen LogP contribution is 2.24. The van der Waals surface area contributed by atoms with E-state index >= 15 is 0 Å². The molecule has 0 radical (unpaired) electrons. The molecule has 0 bridgehead atoms. The van der Waals surface area contributed by atoms with Crippen LogP contribution in [0.3, 0.4) is 0 Å². The van der Waals surface area contributed by atoms with E-state index in [1.807, 2.05) is 0 Å². The molecule has 1 unspecified atom stereocenters. The van der Waals surface area contributed by atoms with E-state index in [0.29, 0.717) is 6.04 Å². The molecule has 2 aromatic rings. The number of hydrogen-bond acceptors (Lipinski definition) is 1. The van der Waals surface area contributed by atoms with E-state index in [1.165, 1.54) is 42.5 Å². The van der Waals surface area contributed by atoms with Gasteiger partial charge in [-0.15, -0.1) is 0 Å². The van der Waals surface area contributed by atoms with Crippen LogP contribution >= 0.6 is 0 Å². The fourth-order valence-corrected chi connectivity index (χ4v) is 2.65. The number of aryl methyl sites for hydroxylation is 1. The monoisotopic (exact) mass is 281 g/mol. The number of benzene rings is 2. The van der Waals surface area contributed by atoms with E-state index in [-0.39, 0.29) is 0 Å². The molecule has 1 atom stereocenters. The van der Waals surface area contributed by atoms with Gasteiger partial charge in [0.2, 0.25) is 0 Å². The zero-order valence-electron chi connectivity index (χ0n) is 13.3. The van der Waals surface area contributed by atoms with Crippen molar-refractivity contribution in [1.29, 1.82) is 0 Å². The van der Waals surface area contributed by atoms with Gasteiger partial charge in [-0.05, 0) is 42.5 Å². The van der Waals surface area contributed by atoms with Crippen LogP contribution in [0.5, 0.6) is 0 Å². The average Bonchev–Trinajstić information content (AvgIpc) is 2.54. The molecule has 0 spiro atoms. The minimum Gasteiger partial charge on any atom is -0.378 e. The summed E-state index contributed by atoms with van der Waals surface area (Å²) in [7, 11) is 0. The van der Waals surface area contributed by atoms with Gasteiger partial charge in [-0.3, -0.25) is 0 Å². The summed E-state index contributed by atoms with van der Waals surface area (Å²) in [6.07, 6.45) is 6.05. The third kappa shape index (κ3) is 4.93. The first-order valence-corrected chi connectivity index (χ1v) is 8.24. The molecular formula is C20H27N. The first kappa shape index (κ1) is 15.6. The lowest BCUT2D eigenvalue weighted by Crippen LogP contribution is -2.10. The van der Waals surface area contributed by atoms with Crippen LogP contribution in [-0.2, 0) is 6.42 Å². The molecule has 0 saturated carbocycles. The van der Waals surface area contributed by atoms with Crippen LogP contribution in [0.2, 0.25) is 0 Å². The third-order valence-corrected chi connectivity index (χ3v) is 3.89. The fourth-order valence-electron chi connectivity index (χ4n) is 2.65. The highest BCUT2D eigenvalue weighted by Gasteiger charge is 2.09. The number of nitrogens with one attached hydrogen (secondary N) is 1. The van der Waals surface area contributed by atoms with Gasteiger partial charge in [0, 0.05) is 5.69 Å². The molecule has 0 amide bonds. The molecule has 21 heavy (non-hydrogen) atoms. The maximum absolute atomic E-state index is 3.68. The van der Waals surface area contributed by atoms with Crippen molar-refractivity contribution in [2.75, 3.05) is 5.32 Å². The Morgan fingerprint density at radius 1 is 0.857 bits per heavy atom. The summed E-state index contributed by atoms with van der Waals surface area (Å²) in [6.45, 7) is 4.48. The third-order valence-electron chi connectivity index (χ3n) is 3.89. The number of hydrogen-bond donors (Lipinski definition) is 1. The van der Waals surface area contributed by atoms with Crippen molar-refractivity contribution in [1.82, 2.24) is 0 Å². The van der Waals surface area contributed by atoms with Crippen LogP contribution in [0.25, 0.3) is 0 Å². The van der Waals surface area contributed by atoms with E-state index in [0.717, 1.165) is 6.42 Å². The van der Waals surface area contributed by atoms with Crippen molar-refractivity contribution >= 4 is 5.69 Å². The first-order valence-electron chi connectivity index (χ1n) is 8.24. The number of anilines is 1. The molecule has 2 rings (SSSR count). The molecule has 2 aromatic carbocycles. The lowest BCUT2D eigenvalue weighted by atomic mass is 10.0. The Balaban J connectivity index is 2.03. The van der Waals surface area contributed by atoms with E-state index in [9.17, 15) is 0 Å². The summed E-state index contributed by atoms with van der Waals surface area (Å²) in [5.41, 5.74) is 4.03. The lowest BCUT2D eigenvalue weighted by Gasteiger charge is -2.20. The summed E-state index contributed by atoms with van der Waals surface area (Å²) < 4.78 is 0. The van der Waals surface area contributed by atoms with Crippen molar-refractivity contribution in [2.45, 2.75) is 52.0 Å². The summed E-state index contributed by atoms with van der Waals surface area (Å²) in [5.74, 6) is 0. The molecule has 0 aliphatic rings. The van der Waals surface area contributed by atoms with Gasteiger partial charge in [0.05, 0.1) is 6.04 Å². The fraction of sp³-hybridized carbons (Fsp3) is 0.400. The van der Waals surface area contributed by atoms with Gasteiger partial charge in [0.15, 0.2) is 0 Å². The van der Waals surface area contributed by atoms with Gasteiger partial charge in [-0.2, -0.15) is 0 Å². The molecule has 1 N–H and O–H groups in total. The van der Waals surface area contributed by atoms with E-state index in [4.69, 9.17) is 0 Å². The normalized spacial score (nSPS) is 12.1. The molecule has 1 nitrogen and oxygen atoms in total. The van der Waals surface area contributed by atoms with Crippen LogP contribution in [0.4, 0.5) is 5.69 Å². The Labute approximate surface area is 129 Å². The Bertz CT molecular complexity index is 501. The van der Waals surface area contributed by atoms with Crippen LogP contribution in [0.1, 0.15) is 56.7 Å². The predicted octanol–water partition coefficient (Wildman–Crippen LogP) is 5.98. The van der Waals surface area contributed by atoms with E-state index < -0.39 is 0 Å². The van der Waals surface area contributed by atoms with Crippen molar-refractivity contribution in [3.05, 3.63) is 65.7 Å². The quantitative estimate of drug-likeness (QED) is 0.627. The molecular weight excluding hydrogens is 254 g/mol. The summed E-state index contributed by atoms with van der Waals surface area (Å²) in [4.78, 5) is 0. The molecule has 112 valence electrons. The number of rotatable bonds is 8. The second kappa shape index (κ2) is 8.51. The molecule has 1 heteroatoms. The maximum Gasteiger partial charge on any atom is 0.0513 e. The Morgan fingerprint density at radius 2 is 1.57 bits per heavy atom. The maximum atomic E-state index is 3.68. The Morgan fingerprint density at radius 3 is 2.19 bits per heavy atom. The van der Waals surface area contributed by atoms with Gasteiger partial charge in [0.1, 0.15) is 0 Å². The minimum absolute atomic E-state index is 0.401. The summed E-state index contributed by atoms with van der Waals surface area (Å²) in [5, 5.41) is 3.68. The van der Waals surface area contributed by atoms with Crippen molar-refractivity contribution < 1.29 is 0 Å². The summed E-state index contributed by atoms with van der Waals surface area (Å²) >= 11 is 0. The predicted molar refractivity (Wildman–Crippen MR) is 92.8 cm³/mol. The van der Waals surface area contributed by atoms with Crippen LogP contribution < -0.4 is 5.32 Å². The SMILES string of the molecule is CCCCc1ccc(NC(CCC)c2ccccc2)cc1. The van der Waals surface area contributed by atoms with Crippen LogP contribution in [-0.4, -0.2) is 0 Å². The second-order valence-corrected chi connectivity index (χ2v) is 5.70. The van der Waals surface area contributed by atoms with Gasteiger partial charge >= 0.3 is 0 Å². The smallest absolute Gasteiger partial charge is 0.0513 e. The molecule has 0 saturated heterocycles. The highest BCUT2D eigenvalue weighted by atomic mass is 14.9. The molecule has 0 aromatic heterocycles. The van der Waals surface area contributed by atoms with Crippen molar-refractivity contribution in [3.8, 4) is 0 Å². The number of unbranched alkanes of at least 4 members (excludes halogenated alkanes) is 1. The Kier molecular flexibility index (Phi) is 6.33. The summed E-state index contributed by atoms with van der Waals surface area (Å²) in [6, 6.07) is 20.1. The lowest BCUT2D eigenvalue weighted by molar-refractivity contribution is 0.677. The van der Waals surface area contributed by atoms with Gasteiger partial charge in [0.25, 0.3) is 0 Å². The molecule has 0 aliphatic heterocycles. The molecule has 0 heterocycles.